The fourth-order valence-electron chi connectivity index (χ4n) is 2.83. The summed E-state index contributed by atoms with van der Waals surface area (Å²) in [4.78, 5) is 12.1. The number of rotatable bonds is 6. The maximum absolute atomic E-state index is 12.1. The first-order chi connectivity index (χ1) is 10.6. The Kier molecular flexibility index (Phi) is 5.49. The number of nitrogens with two attached hydrogens (primary N) is 1. The standard InChI is InChI=1S/C16H24N2O4/c1-20-13-6-10(7-14(21-2)15(13)22-3)9-18-16(19)11-4-5-12(17)8-11/h6-7,11-12H,4-5,8-9,17H2,1-3H3,(H,18,19). The maximum Gasteiger partial charge on any atom is 0.223 e. The molecule has 0 spiro atoms. The van der Waals surface area contributed by atoms with Gasteiger partial charge in [0.25, 0.3) is 0 Å². The van der Waals surface area contributed by atoms with Crippen molar-refractivity contribution in [1.29, 1.82) is 0 Å². The zero-order valence-corrected chi connectivity index (χ0v) is 13.3. The molecule has 1 aromatic carbocycles. The number of carbonyl (C=O) groups is 1. The Bertz CT molecular complexity index is 508. The van der Waals surface area contributed by atoms with Crippen LogP contribution in [0.2, 0.25) is 0 Å². The molecule has 0 saturated heterocycles. The number of nitrogens with one attached hydrogen (secondary N) is 1. The monoisotopic (exact) mass is 308 g/mol. The number of carbonyl (C=O) groups excluding carboxylic acids is 1. The molecule has 2 unspecified atom stereocenters. The van der Waals surface area contributed by atoms with Crippen LogP contribution in [-0.4, -0.2) is 33.3 Å². The van der Waals surface area contributed by atoms with Gasteiger partial charge in [-0.05, 0) is 37.0 Å². The highest BCUT2D eigenvalue weighted by atomic mass is 16.5. The first-order valence-corrected chi connectivity index (χ1v) is 7.41. The molecule has 0 heterocycles. The van der Waals surface area contributed by atoms with Crippen molar-refractivity contribution in [3.05, 3.63) is 17.7 Å². The van der Waals surface area contributed by atoms with E-state index in [1.807, 2.05) is 12.1 Å². The Morgan fingerprint density at radius 2 is 1.82 bits per heavy atom. The maximum atomic E-state index is 12.1. The topological polar surface area (TPSA) is 82.8 Å². The van der Waals surface area contributed by atoms with E-state index >= 15 is 0 Å². The summed E-state index contributed by atoms with van der Waals surface area (Å²) in [6.07, 6.45) is 2.55. The third-order valence-corrected chi connectivity index (χ3v) is 4.04. The smallest absolute Gasteiger partial charge is 0.223 e. The Morgan fingerprint density at radius 3 is 2.27 bits per heavy atom. The van der Waals surface area contributed by atoms with Crippen LogP contribution in [0.25, 0.3) is 0 Å². The minimum Gasteiger partial charge on any atom is -0.493 e. The molecule has 0 aromatic heterocycles. The van der Waals surface area contributed by atoms with E-state index in [-0.39, 0.29) is 17.9 Å². The van der Waals surface area contributed by atoms with Crippen LogP contribution in [0.5, 0.6) is 17.2 Å². The van der Waals surface area contributed by atoms with Gasteiger partial charge in [0.15, 0.2) is 11.5 Å². The van der Waals surface area contributed by atoms with E-state index in [1.54, 1.807) is 21.3 Å². The normalized spacial score (nSPS) is 20.5. The number of benzene rings is 1. The highest BCUT2D eigenvalue weighted by molar-refractivity contribution is 5.79. The number of hydrogen-bond acceptors (Lipinski definition) is 5. The second-order valence-corrected chi connectivity index (χ2v) is 5.52. The molecule has 1 fully saturated rings. The van der Waals surface area contributed by atoms with Gasteiger partial charge in [-0.1, -0.05) is 0 Å². The average Bonchev–Trinajstić information content (AvgIpc) is 2.97. The van der Waals surface area contributed by atoms with Gasteiger partial charge in [0.2, 0.25) is 11.7 Å². The predicted octanol–water partition coefficient (Wildman–Crippen LogP) is 1.46. The molecule has 0 bridgehead atoms. The molecular weight excluding hydrogens is 284 g/mol. The van der Waals surface area contributed by atoms with Gasteiger partial charge in [-0.3, -0.25) is 4.79 Å². The first-order valence-electron chi connectivity index (χ1n) is 7.41. The molecule has 0 radical (unpaired) electrons. The average molecular weight is 308 g/mol. The molecule has 6 nitrogen and oxygen atoms in total. The summed E-state index contributed by atoms with van der Waals surface area (Å²) in [5.74, 6) is 1.78. The van der Waals surface area contributed by atoms with Crippen molar-refractivity contribution in [2.24, 2.45) is 11.7 Å². The van der Waals surface area contributed by atoms with E-state index in [4.69, 9.17) is 19.9 Å². The Morgan fingerprint density at radius 1 is 1.18 bits per heavy atom. The Balaban J connectivity index is 2.05. The molecule has 1 aliphatic carbocycles. The highest BCUT2D eigenvalue weighted by Crippen LogP contribution is 2.38. The molecule has 2 atom stereocenters. The largest absolute Gasteiger partial charge is 0.493 e. The zero-order chi connectivity index (χ0) is 16.1. The van der Waals surface area contributed by atoms with Gasteiger partial charge in [0.05, 0.1) is 21.3 Å². The van der Waals surface area contributed by atoms with E-state index in [0.717, 1.165) is 24.8 Å². The van der Waals surface area contributed by atoms with Crippen molar-refractivity contribution in [3.8, 4) is 17.2 Å². The molecule has 2 rings (SSSR count). The summed E-state index contributed by atoms with van der Waals surface area (Å²) in [7, 11) is 4.70. The second-order valence-electron chi connectivity index (χ2n) is 5.52. The van der Waals surface area contributed by atoms with Crippen LogP contribution in [0.3, 0.4) is 0 Å². The quantitative estimate of drug-likeness (QED) is 0.831. The van der Waals surface area contributed by atoms with Gasteiger partial charge in [-0.2, -0.15) is 0 Å². The van der Waals surface area contributed by atoms with Crippen molar-refractivity contribution in [2.45, 2.75) is 31.8 Å². The number of ether oxygens (including phenoxy) is 3. The minimum atomic E-state index is 0.0250. The number of amides is 1. The minimum absolute atomic E-state index is 0.0250. The number of methoxy groups -OCH3 is 3. The summed E-state index contributed by atoms with van der Waals surface area (Å²) < 4.78 is 15.9. The SMILES string of the molecule is COc1cc(CNC(=O)C2CCC(N)C2)cc(OC)c1OC. The lowest BCUT2D eigenvalue weighted by Gasteiger charge is -2.15. The van der Waals surface area contributed by atoms with Crippen LogP contribution in [0.4, 0.5) is 0 Å². The zero-order valence-electron chi connectivity index (χ0n) is 13.3. The molecule has 1 saturated carbocycles. The van der Waals surface area contributed by atoms with E-state index in [2.05, 4.69) is 5.32 Å². The summed E-state index contributed by atoms with van der Waals surface area (Å²) in [5.41, 5.74) is 6.74. The molecule has 3 N–H and O–H groups in total. The highest BCUT2D eigenvalue weighted by Gasteiger charge is 2.27. The lowest BCUT2D eigenvalue weighted by Crippen LogP contribution is -2.30. The summed E-state index contributed by atoms with van der Waals surface area (Å²) in [6, 6.07) is 3.82. The van der Waals surface area contributed by atoms with Crippen LogP contribution in [0.15, 0.2) is 12.1 Å². The molecule has 122 valence electrons. The molecular formula is C16H24N2O4. The van der Waals surface area contributed by atoms with Crippen molar-refractivity contribution < 1.29 is 19.0 Å². The second kappa shape index (κ2) is 7.35. The fourth-order valence-corrected chi connectivity index (χ4v) is 2.83. The summed E-state index contributed by atoms with van der Waals surface area (Å²) in [6.45, 7) is 0.418. The van der Waals surface area contributed by atoms with Crippen molar-refractivity contribution >= 4 is 5.91 Å². The lowest BCUT2D eigenvalue weighted by molar-refractivity contribution is -0.125. The van der Waals surface area contributed by atoms with Gasteiger partial charge in [0.1, 0.15) is 0 Å². The third kappa shape index (κ3) is 3.62. The Hall–Kier alpha value is -1.95. The molecule has 22 heavy (non-hydrogen) atoms. The van der Waals surface area contributed by atoms with Crippen LogP contribution in [0.1, 0.15) is 24.8 Å². The van der Waals surface area contributed by atoms with E-state index in [1.165, 1.54) is 0 Å². The van der Waals surface area contributed by atoms with Gasteiger partial charge < -0.3 is 25.3 Å². The van der Waals surface area contributed by atoms with Gasteiger partial charge in [-0.15, -0.1) is 0 Å². The van der Waals surface area contributed by atoms with Crippen molar-refractivity contribution in [1.82, 2.24) is 5.32 Å². The predicted molar refractivity (Wildman–Crippen MR) is 83.3 cm³/mol. The van der Waals surface area contributed by atoms with Crippen LogP contribution in [0, 0.1) is 5.92 Å². The third-order valence-electron chi connectivity index (χ3n) is 4.04. The van der Waals surface area contributed by atoms with Crippen LogP contribution < -0.4 is 25.3 Å². The van der Waals surface area contributed by atoms with Crippen LogP contribution in [-0.2, 0) is 11.3 Å². The fraction of sp³-hybridized carbons (Fsp3) is 0.562. The van der Waals surface area contributed by atoms with E-state index < -0.39 is 0 Å². The molecule has 1 aliphatic rings. The molecule has 1 aromatic rings. The van der Waals surface area contributed by atoms with Crippen molar-refractivity contribution in [3.63, 3.8) is 0 Å². The van der Waals surface area contributed by atoms with Gasteiger partial charge in [-0.25, -0.2) is 0 Å². The van der Waals surface area contributed by atoms with Crippen LogP contribution >= 0.6 is 0 Å². The first kappa shape index (κ1) is 16.4. The summed E-state index contributed by atoms with van der Waals surface area (Å²) >= 11 is 0. The molecule has 0 aliphatic heterocycles. The van der Waals surface area contributed by atoms with Gasteiger partial charge in [0, 0.05) is 18.5 Å². The summed E-state index contributed by atoms with van der Waals surface area (Å²) in [5, 5.41) is 2.96. The molecule has 1 amide bonds. The van der Waals surface area contributed by atoms with Crippen molar-refractivity contribution in [2.75, 3.05) is 21.3 Å². The van der Waals surface area contributed by atoms with E-state index in [9.17, 15) is 4.79 Å². The Labute approximate surface area is 130 Å². The van der Waals surface area contributed by atoms with Gasteiger partial charge >= 0.3 is 0 Å². The lowest BCUT2D eigenvalue weighted by atomic mass is 10.1. The molecule has 6 heteroatoms. The number of hydrogen-bond donors (Lipinski definition) is 2. The van der Waals surface area contributed by atoms with E-state index in [0.29, 0.717) is 23.8 Å².